The predicted molar refractivity (Wildman–Crippen MR) is 40.4 cm³/mol. The quantitative estimate of drug-likeness (QED) is 0.441. The number of isocyanates is 1. The molecule has 0 saturated heterocycles. The van der Waals surface area contributed by atoms with Gasteiger partial charge in [0.1, 0.15) is 5.69 Å². The number of aromatic nitrogens is 2. The monoisotopic (exact) mass is 165 g/mol. The zero-order valence-corrected chi connectivity index (χ0v) is 6.74. The minimum Gasteiger partial charge on any atom is -0.264 e. The third-order valence-electron chi connectivity index (χ3n) is 1.37. The van der Waals surface area contributed by atoms with Crippen LogP contribution in [0.5, 0.6) is 0 Å². The Hall–Kier alpha value is -1.74. The van der Waals surface area contributed by atoms with E-state index in [0.717, 1.165) is 0 Å². The summed E-state index contributed by atoms with van der Waals surface area (Å²) in [6.07, 6.45) is 1.19. The van der Waals surface area contributed by atoms with Crippen LogP contribution in [0.1, 0.15) is 16.2 Å². The number of aryl methyl sites for hydroxylation is 2. The van der Waals surface area contributed by atoms with Gasteiger partial charge in [0.05, 0.1) is 5.69 Å². The summed E-state index contributed by atoms with van der Waals surface area (Å²) in [5.41, 5.74) is 0.998. The molecule has 0 atom stereocenters. The summed E-state index contributed by atoms with van der Waals surface area (Å²) < 4.78 is 1.37. The molecule has 1 rings (SSSR count). The van der Waals surface area contributed by atoms with E-state index >= 15 is 0 Å². The number of rotatable bonds is 1. The molecule has 5 heteroatoms. The lowest BCUT2D eigenvalue weighted by Crippen LogP contribution is -2.03. The van der Waals surface area contributed by atoms with Gasteiger partial charge in [-0.2, -0.15) is 5.10 Å². The molecule has 0 N–H and O–H groups in total. The van der Waals surface area contributed by atoms with Gasteiger partial charge in [0.15, 0.2) is 0 Å². The van der Waals surface area contributed by atoms with Gasteiger partial charge >= 0.3 is 5.91 Å². The topological polar surface area (TPSA) is 64.3 Å². The van der Waals surface area contributed by atoms with Crippen LogP contribution in [-0.2, 0) is 11.8 Å². The average molecular weight is 165 g/mol. The fourth-order valence-electron chi connectivity index (χ4n) is 0.910. The molecule has 0 unspecified atom stereocenters. The second kappa shape index (κ2) is 3.11. The first kappa shape index (κ1) is 8.36. The Labute approximate surface area is 68.7 Å². The molecule has 0 radical (unpaired) electrons. The van der Waals surface area contributed by atoms with Crippen LogP contribution < -0.4 is 0 Å². The van der Waals surface area contributed by atoms with Gasteiger partial charge in [-0.1, -0.05) is 0 Å². The predicted octanol–water partition coefficient (Wildman–Crippen LogP) is 0.205. The van der Waals surface area contributed by atoms with E-state index in [1.54, 1.807) is 20.0 Å². The van der Waals surface area contributed by atoms with Crippen LogP contribution in [0.4, 0.5) is 0 Å². The normalized spacial score (nSPS) is 9.17. The van der Waals surface area contributed by atoms with Gasteiger partial charge in [0, 0.05) is 7.05 Å². The first-order chi connectivity index (χ1) is 5.65. The van der Waals surface area contributed by atoms with Crippen molar-refractivity contribution in [2.24, 2.45) is 12.0 Å². The molecule has 1 aromatic heterocycles. The molecule has 0 spiro atoms. The number of carbonyl (C=O) groups excluding carboxylic acids is 2. The fraction of sp³-hybridized carbons (Fsp3) is 0.286. The van der Waals surface area contributed by atoms with Crippen molar-refractivity contribution >= 4 is 12.0 Å². The summed E-state index contributed by atoms with van der Waals surface area (Å²) >= 11 is 0. The van der Waals surface area contributed by atoms with Crippen molar-refractivity contribution in [2.45, 2.75) is 6.92 Å². The molecule has 0 bridgehead atoms. The second-order valence-corrected chi connectivity index (χ2v) is 2.30. The van der Waals surface area contributed by atoms with Gasteiger partial charge < -0.3 is 0 Å². The zero-order valence-electron chi connectivity index (χ0n) is 6.74. The van der Waals surface area contributed by atoms with E-state index in [4.69, 9.17) is 0 Å². The van der Waals surface area contributed by atoms with Gasteiger partial charge in [0.25, 0.3) is 0 Å². The molecular weight excluding hydrogens is 158 g/mol. The van der Waals surface area contributed by atoms with Gasteiger partial charge in [-0.25, -0.2) is 4.79 Å². The molecule has 0 aliphatic carbocycles. The van der Waals surface area contributed by atoms with E-state index in [0.29, 0.717) is 5.69 Å². The van der Waals surface area contributed by atoms with Crippen LogP contribution in [0, 0.1) is 6.92 Å². The number of hydrogen-bond acceptors (Lipinski definition) is 3. The number of amides is 1. The summed E-state index contributed by atoms with van der Waals surface area (Å²) in [5.74, 6) is -0.618. The molecule has 0 fully saturated rings. The Balaban J connectivity index is 3.10. The van der Waals surface area contributed by atoms with E-state index in [1.807, 2.05) is 0 Å². The summed E-state index contributed by atoms with van der Waals surface area (Å²) in [5, 5.41) is 3.92. The minimum absolute atomic E-state index is 0.288. The highest BCUT2D eigenvalue weighted by atomic mass is 16.2. The molecular formula is C7H7N3O2. The average Bonchev–Trinajstić information content (AvgIpc) is 2.30. The first-order valence-corrected chi connectivity index (χ1v) is 3.28. The van der Waals surface area contributed by atoms with Crippen molar-refractivity contribution in [3.05, 3.63) is 17.5 Å². The van der Waals surface area contributed by atoms with Gasteiger partial charge in [-0.15, -0.1) is 4.99 Å². The summed E-state index contributed by atoms with van der Waals surface area (Å²) in [6, 6.07) is 1.56. The van der Waals surface area contributed by atoms with Crippen LogP contribution in [0.15, 0.2) is 11.1 Å². The first-order valence-electron chi connectivity index (χ1n) is 3.28. The number of nitrogens with zero attached hydrogens (tertiary/aromatic N) is 3. The van der Waals surface area contributed by atoms with Crippen LogP contribution in [0.3, 0.4) is 0 Å². The largest absolute Gasteiger partial charge is 0.305 e. The lowest BCUT2D eigenvalue weighted by molar-refractivity contribution is 0.0994. The highest BCUT2D eigenvalue weighted by Crippen LogP contribution is 2.02. The van der Waals surface area contributed by atoms with E-state index < -0.39 is 5.91 Å². The molecule has 12 heavy (non-hydrogen) atoms. The van der Waals surface area contributed by atoms with Crippen molar-refractivity contribution in [1.82, 2.24) is 9.78 Å². The van der Waals surface area contributed by atoms with Crippen LogP contribution >= 0.6 is 0 Å². The summed E-state index contributed by atoms with van der Waals surface area (Å²) in [6.45, 7) is 1.75. The number of aliphatic imine (C=N–C) groups is 1. The maximum Gasteiger partial charge on any atom is 0.305 e. The highest BCUT2D eigenvalue weighted by Gasteiger charge is 2.09. The molecule has 1 amide bonds. The van der Waals surface area contributed by atoms with Crippen LogP contribution in [0.25, 0.3) is 0 Å². The van der Waals surface area contributed by atoms with E-state index in [9.17, 15) is 9.59 Å². The molecule has 0 aliphatic rings. The van der Waals surface area contributed by atoms with Crippen molar-refractivity contribution in [3.63, 3.8) is 0 Å². The van der Waals surface area contributed by atoms with Crippen LogP contribution in [-0.4, -0.2) is 21.8 Å². The molecule has 1 heterocycles. The highest BCUT2D eigenvalue weighted by molar-refractivity contribution is 5.95. The Bertz CT molecular complexity index is 361. The van der Waals surface area contributed by atoms with Gasteiger partial charge in [0.2, 0.25) is 6.08 Å². The van der Waals surface area contributed by atoms with Crippen LogP contribution in [0.2, 0.25) is 0 Å². The molecule has 1 aromatic rings. The Morgan fingerprint density at radius 2 is 2.42 bits per heavy atom. The SMILES string of the molecule is Cc1cc(C(=O)N=C=O)n(C)n1. The van der Waals surface area contributed by atoms with Gasteiger partial charge in [-0.3, -0.25) is 9.48 Å². The van der Waals surface area contributed by atoms with Gasteiger partial charge in [-0.05, 0) is 13.0 Å². The summed E-state index contributed by atoms with van der Waals surface area (Å²) in [4.78, 5) is 23.7. The summed E-state index contributed by atoms with van der Waals surface area (Å²) in [7, 11) is 1.61. The van der Waals surface area contributed by atoms with Crippen molar-refractivity contribution in [1.29, 1.82) is 0 Å². The zero-order chi connectivity index (χ0) is 9.14. The van der Waals surface area contributed by atoms with Crippen molar-refractivity contribution < 1.29 is 9.59 Å². The Morgan fingerprint density at radius 1 is 1.75 bits per heavy atom. The third kappa shape index (κ3) is 1.46. The van der Waals surface area contributed by atoms with Crippen molar-refractivity contribution in [3.8, 4) is 0 Å². The molecule has 0 saturated carbocycles. The van der Waals surface area contributed by atoms with E-state index in [1.165, 1.54) is 10.8 Å². The number of carbonyl (C=O) groups is 1. The molecule has 0 aliphatic heterocycles. The fourth-order valence-corrected chi connectivity index (χ4v) is 0.910. The molecule has 5 nitrogen and oxygen atoms in total. The smallest absolute Gasteiger partial charge is 0.264 e. The molecule has 0 aromatic carbocycles. The van der Waals surface area contributed by atoms with E-state index in [-0.39, 0.29) is 5.69 Å². The lowest BCUT2D eigenvalue weighted by atomic mass is 10.3. The standard InChI is InChI=1S/C7H7N3O2/c1-5-3-6(10(2)9-5)7(12)8-4-11/h3H,1-2H3. The molecule has 62 valence electrons. The number of hydrogen-bond donors (Lipinski definition) is 0. The Morgan fingerprint density at radius 3 is 2.83 bits per heavy atom. The van der Waals surface area contributed by atoms with Crippen molar-refractivity contribution in [2.75, 3.05) is 0 Å². The maximum absolute atomic E-state index is 11.0. The Kier molecular flexibility index (Phi) is 2.16. The minimum atomic E-state index is -0.618. The lowest BCUT2D eigenvalue weighted by Gasteiger charge is -1.91. The second-order valence-electron chi connectivity index (χ2n) is 2.30. The van der Waals surface area contributed by atoms with E-state index in [2.05, 4.69) is 10.1 Å². The maximum atomic E-state index is 11.0. The third-order valence-corrected chi connectivity index (χ3v) is 1.37.